The van der Waals surface area contributed by atoms with Crippen LogP contribution in [0.1, 0.15) is 33.1 Å². The van der Waals surface area contributed by atoms with Crippen LogP contribution in [0.2, 0.25) is 0 Å². The number of carbonyl (C=O) groups is 1. The fourth-order valence-corrected chi connectivity index (χ4v) is 3.50. The highest BCUT2D eigenvalue weighted by Gasteiger charge is 2.19. The number of nitrogens with zero attached hydrogens (tertiary/aromatic N) is 3. The third kappa shape index (κ3) is 3.63. The van der Waals surface area contributed by atoms with E-state index in [0.29, 0.717) is 33.4 Å². The van der Waals surface area contributed by atoms with E-state index in [1.54, 1.807) is 12.1 Å². The summed E-state index contributed by atoms with van der Waals surface area (Å²) in [6.45, 7) is 5.63. The van der Waals surface area contributed by atoms with Gasteiger partial charge in [0.05, 0.1) is 11.1 Å². The van der Waals surface area contributed by atoms with Crippen molar-refractivity contribution in [3.63, 3.8) is 0 Å². The van der Waals surface area contributed by atoms with Crippen molar-refractivity contribution in [2.45, 2.75) is 31.7 Å². The molecule has 0 radical (unpaired) electrons. The molecule has 0 saturated heterocycles. The molecule has 28 heavy (non-hydrogen) atoms. The van der Waals surface area contributed by atoms with Gasteiger partial charge in [-0.25, -0.2) is 4.98 Å². The van der Waals surface area contributed by atoms with Crippen LogP contribution in [0.15, 0.2) is 50.5 Å². The molecule has 0 aliphatic carbocycles. The van der Waals surface area contributed by atoms with E-state index in [-0.39, 0.29) is 5.91 Å². The Morgan fingerprint density at radius 2 is 1.93 bits per heavy atom. The molecule has 1 aromatic carbocycles. The number of fused-ring (bicyclic) bond motifs is 1. The van der Waals surface area contributed by atoms with Gasteiger partial charge in [0.2, 0.25) is 5.71 Å². The second-order valence-corrected chi connectivity index (χ2v) is 7.30. The maximum absolute atomic E-state index is 12.6. The number of rotatable bonds is 5. The van der Waals surface area contributed by atoms with Gasteiger partial charge < -0.3 is 14.3 Å². The maximum atomic E-state index is 12.6. The average Bonchev–Trinajstić information content (AvgIpc) is 3.23. The van der Waals surface area contributed by atoms with Crippen molar-refractivity contribution in [2.75, 3.05) is 5.32 Å². The number of furan rings is 1. The Labute approximate surface area is 165 Å². The Morgan fingerprint density at radius 1 is 1.14 bits per heavy atom. The summed E-state index contributed by atoms with van der Waals surface area (Å²) in [7, 11) is 0. The SMILES string of the molecule is Cc1cc(CSc2nc(NC(=O)c3ccccc3)c3c(C)c(C)oc3n2)no1. The van der Waals surface area contributed by atoms with Gasteiger partial charge in [-0.3, -0.25) is 4.79 Å². The molecule has 0 fully saturated rings. The minimum Gasteiger partial charge on any atom is -0.443 e. The highest BCUT2D eigenvalue weighted by atomic mass is 32.2. The predicted octanol–water partition coefficient (Wildman–Crippen LogP) is 4.68. The van der Waals surface area contributed by atoms with Crippen LogP contribution in [-0.4, -0.2) is 21.0 Å². The lowest BCUT2D eigenvalue weighted by molar-refractivity contribution is 0.102. The van der Waals surface area contributed by atoms with E-state index < -0.39 is 0 Å². The van der Waals surface area contributed by atoms with Crippen LogP contribution in [0.4, 0.5) is 5.82 Å². The second-order valence-electron chi connectivity index (χ2n) is 6.36. The van der Waals surface area contributed by atoms with Crippen molar-refractivity contribution >= 4 is 34.6 Å². The number of amides is 1. The Hall–Kier alpha value is -3.13. The van der Waals surface area contributed by atoms with Crippen LogP contribution in [0.5, 0.6) is 0 Å². The first kappa shape index (κ1) is 18.2. The Morgan fingerprint density at radius 3 is 2.64 bits per heavy atom. The first-order valence-corrected chi connectivity index (χ1v) is 9.69. The first-order chi connectivity index (χ1) is 13.5. The molecule has 0 bridgehead atoms. The number of benzene rings is 1. The van der Waals surface area contributed by atoms with Gasteiger partial charge in [-0.1, -0.05) is 35.1 Å². The molecule has 1 N–H and O–H groups in total. The summed E-state index contributed by atoms with van der Waals surface area (Å²) in [6, 6.07) is 10.9. The molecule has 8 heteroatoms. The highest BCUT2D eigenvalue weighted by Crippen LogP contribution is 2.32. The monoisotopic (exact) mass is 394 g/mol. The summed E-state index contributed by atoms with van der Waals surface area (Å²) in [5.74, 6) is 2.25. The summed E-state index contributed by atoms with van der Waals surface area (Å²) in [6.07, 6.45) is 0. The molecule has 3 heterocycles. The standard InChI is InChI=1S/C20H18N4O3S/c1-11-9-15(24-27-11)10-28-20-22-17(16-12(2)13(3)26-19(16)23-20)21-18(25)14-7-5-4-6-8-14/h4-9H,10H2,1-3H3,(H,21,22,23,25). The fourth-order valence-electron chi connectivity index (χ4n) is 2.78. The number of anilines is 1. The van der Waals surface area contributed by atoms with Crippen LogP contribution >= 0.6 is 11.8 Å². The van der Waals surface area contributed by atoms with E-state index >= 15 is 0 Å². The second kappa shape index (κ2) is 7.47. The number of carbonyl (C=O) groups excluding carboxylic acids is 1. The van der Waals surface area contributed by atoms with Crippen LogP contribution in [0, 0.1) is 20.8 Å². The van der Waals surface area contributed by atoms with Crippen LogP contribution in [0.25, 0.3) is 11.1 Å². The zero-order valence-electron chi connectivity index (χ0n) is 15.6. The van der Waals surface area contributed by atoms with Gasteiger partial charge in [0, 0.05) is 22.9 Å². The lowest BCUT2D eigenvalue weighted by atomic mass is 10.2. The summed E-state index contributed by atoms with van der Waals surface area (Å²) in [5, 5.41) is 8.08. The average molecular weight is 394 g/mol. The van der Waals surface area contributed by atoms with Crippen molar-refractivity contribution in [2.24, 2.45) is 0 Å². The number of aryl methyl sites for hydroxylation is 3. The van der Waals surface area contributed by atoms with Gasteiger partial charge in [0.15, 0.2) is 5.16 Å². The first-order valence-electron chi connectivity index (χ1n) is 8.70. The molecule has 4 rings (SSSR count). The predicted molar refractivity (Wildman–Crippen MR) is 106 cm³/mol. The van der Waals surface area contributed by atoms with E-state index in [4.69, 9.17) is 8.94 Å². The molecule has 3 aromatic heterocycles. The minimum atomic E-state index is -0.234. The molecule has 7 nitrogen and oxygen atoms in total. The molecule has 4 aromatic rings. The largest absolute Gasteiger partial charge is 0.443 e. The van der Waals surface area contributed by atoms with Crippen molar-refractivity contribution in [3.05, 3.63) is 64.7 Å². The van der Waals surface area contributed by atoms with Crippen molar-refractivity contribution in [1.29, 1.82) is 0 Å². The normalized spacial score (nSPS) is 11.1. The number of thioether (sulfide) groups is 1. The third-order valence-corrected chi connectivity index (χ3v) is 5.18. The van der Waals surface area contributed by atoms with Gasteiger partial charge >= 0.3 is 0 Å². The molecule has 0 spiro atoms. The van der Waals surface area contributed by atoms with Gasteiger partial charge in [-0.05, 0) is 32.9 Å². The van der Waals surface area contributed by atoms with Crippen LogP contribution < -0.4 is 5.32 Å². The molecule has 0 aliphatic heterocycles. The van der Waals surface area contributed by atoms with Crippen LogP contribution in [0.3, 0.4) is 0 Å². The molecule has 0 saturated carbocycles. The molecule has 1 amide bonds. The molecule has 0 unspecified atom stereocenters. The number of hydrogen-bond acceptors (Lipinski definition) is 7. The van der Waals surface area contributed by atoms with E-state index in [1.165, 1.54) is 11.8 Å². The van der Waals surface area contributed by atoms with Crippen molar-refractivity contribution < 1.29 is 13.7 Å². The lowest BCUT2D eigenvalue weighted by Gasteiger charge is -2.08. The third-order valence-electron chi connectivity index (χ3n) is 4.30. The lowest BCUT2D eigenvalue weighted by Crippen LogP contribution is -2.13. The highest BCUT2D eigenvalue weighted by molar-refractivity contribution is 7.98. The summed E-state index contributed by atoms with van der Waals surface area (Å²) in [4.78, 5) is 21.7. The number of hydrogen-bond donors (Lipinski definition) is 1. The van der Waals surface area contributed by atoms with Crippen molar-refractivity contribution in [3.8, 4) is 0 Å². The zero-order chi connectivity index (χ0) is 19.7. The number of nitrogens with one attached hydrogen (secondary N) is 1. The van der Waals surface area contributed by atoms with E-state index in [9.17, 15) is 4.79 Å². The Kier molecular flexibility index (Phi) is 4.87. The van der Waals surface area contributed by atoms with E-state index in [1.807, 2.05) is 45.0 Å². The molecule has 142 valence electrons. The summed E-state index contributed by atoms with van der Waals surface area (Å²) in [5.41, 5.74) is 2.71. The van der Waals surface area contributed by atoms with Gasteiger partial charge in [0.25, 0.3) is 5.91 Å². The minimum absolute atomic E-state index is 0.234. The topological polar surface area (TPSA) is 94.1 Å². The van der Waals surface area contributed by atoms with Gasteiger partial charge in [-0.2, -0.15) is 4.98 Å². The maximum Gasteiger partial charge on any atom is 0.256 e. The van der Waals surface area contributed by atoms with Gasteiger partial charge in [0.1, 0.15) is 17.3 Å². The number of aromatic nitrogens is 3. The van der Waals surface area contributed by atoms with Crippen LogP contribution in [-0.2, 0) is 5.75 Å². The van der Waals surface area contributed by atoms with E-state index in [2.05, 4.69) is 20.4 Å². The van der Waals surface area contributed by atoms with Crippen molar-refractivity contribution in [1.82, 2.24) is 15.1 Å². The zero-order valence-corrected chi connectivity index (χ0v) is 16.5. The smallest absolute Gasteiger partial charge is 0.256 e. The summed E-state index contributed by atoms with van der Waals surface area (Å²) < 4.78 is 10.9. The van der Waals surface area contributed by atoms with E-state index in [0.717, 1.165) is 22.8 Å². The molecule has 0 aliphatic rings. The van der Waals surface area contributed by atoms with Gasteiger partial charge in [-0.15, -0.1) is 0 Å². The molecular weight excluding hydrogens is 376 g/mol. The Balaban J connectivity index is 1.67. The molecular formula is C20H18N4O3S. The summed E-state index contributed by atoms with van der Waals surface area (Å²) >= 11 is 1.40. The Bertz CT molecular complexity index is 1150. The molecule has 0 atom stereocenters. The quantitative estimate of drug-likeness (QED) is 0.388. The fraction of sp³-hybridized carbons (Fsp3) is 0.200.